The summed E-state index contributed by atoms with van der Waals surface area (Å²) >= 11 is 0. The fourth-order valence-electron chi connectivity index (χ4n) is 4.62. The van der Waals surface area contributed by atoms with Gasteiger partial charge in [-0.3, -0.25) is 4.79 Å². The number of nitrogens with zero attached hydrogens (tertiary/aromatic N) is 4. The third kappa shape index (κ3) is 4.19. The number of anilines is 3. The van der Waals surface area contributed by atoms with Gasteiger partial charge in [0.05, 0.1) is 5.56 Å². The van der Waals surface area contributed by atoms with Crippen molar-refractivity contribution in [2.24, 2.45) is 0 Å². The number of fused-ring (bicyclic) bond motifs is 2. The van der Waals surface area contributed by atoms with Crippen LogP contribution in [0.4, 0.5) is 17.3 Å². The molecule has 0 aliphatic carbocycles. The molecule has 1 amide bonds. The Hall–Kier alpha value is -4.33. The van der Waals surface area contributed by atoms with Gasteiger partial charge in [-0.15, -0.1) is 0 Å². The van der Waals surface area contributed by atoms with Crippen LogP contribution in [0, 0.1) is 0 Å². The van der Waals surface area contributed by atoms with Crippen molar-refractivity contribution in [1.82, 2.24) is 9.97 Å². The summed E-state index contributed by atoms with van der Waals surface area (Å²) in [6.45, 7) is 4.41. The first-order chi connectivity index (χ1) is 17.3. The van der Waals surface area contributed by atoms with Crippen LogP contribution in [0.1, 0.15) is 10.4 Å². The molecule has 0 spiro atoms. The van der Waals surface area contributed by atoms with Crippen LogP contribution in [0.25, 0.3) is 10.8 Å². The normalized spacial score (nSPS) is 15.2. The Kier molecular flexibility index (Phi) is 5.54. The number of nitrogens with one attached hydrogen (secondary N) is 1. The molecule has 8 nitrogen and oxygen atoms in total. The molecule has 0 saturated carbocycles. The Morgan fingerprint density at radius 1 is 0.800 bits per heavy atom. The van der Waals surface area contributed by atoms with Crippen molar-refractivity contribution in [3.8, 4) is 11.5 Å². The first-order valence-electron chi connectivity index (χ1n) is 11.8. The van der Waals surface area contributed by atoms with E-state index in [1.807, 2.05) is 60.8 Å². The van der Waals surface area contributed by atoms with E-state index in [0.717, 1.165) is 48.6 Å². The van der Waals surface area contributed by atoms with Crippen LogP contribution in [-0.2, 0) is 0 Å². The number of aromatic nitrogens is 2. The minimum absolute atomic E-state index is 0.211. The average Bonchev–Trinajstić information content (AvgIpc) is 2.93. The highest BCUT2D eigenvalue weighted by atomic mass is 16.6. The van der Waals surface area contributed by atoms with E-state index in [1.165, 1.54) is 0 Å². The molecule has 8 heteroatoms. The summed E-state index contributed by atoms with van der Waals surface area (Å²) in [7, 11) is 0. The van der Waals surface area contributed by atoms with Crippen molar-refractivity contribution in [3.63, 3.8) is 0 Å². The van der Waals surface area contributed by atoms with Gasteiger partial charge in [0.15, 0.2) is 11.5 Å². The number of rotatable bonds is 4. The van der Waals surface area contributed by atoms with Crippen LogP contribution < -0.4 is 24.6 Å². The van der Waals surface area contributed by atoms with E-state index < -0.39 is 0 Å². The molecule has 4 aromatic rings. The molecule has 2 aromatic heterocycles. The van der Waals surface area contributed by atoms with E-state index in [2.05, 4.69) is 20.1 Å². The lowest BCUT2D eigenvalue weighted by molar-refractivity contribution is 0.102. The van der Waals surface area contributed by atoms with E-state index in [1.54, 1.807) is 12.3 Å². The summed E-state index contributed by atoms with van der Waals surface area (Å²) in [6.07, 6.45) is 3.50. The number of carbonyl (C=O) groups excluding carboxylic acids is 1. The number of amides is 1. The fraction of sp³-hybridized carbons (Fsp3) is 0.222. The topological polar surface area (TPSA) is 79.8 Å². The van der Waals surface area contributed by atoms with Gasteiger partial charge in [0, 0.05) is 55.7 Å². The molecule has 2 aromatic carbocycles. The number of hydrogen-bond acceptors (Lipinski definition) is 7. The summed E-state index contributed by atoms with van der Waals surface area (Å²) in [4.78, 5) is 27.0. The van der Waals surface area contributed by atoms with E-state index >= 15 is 0 Å². The van der Waals surface area contributed by atoms with Crippen LogP contribution in [0.2, 0.25) is 0 Å². The smallest absolute Gasteiger partial charge is 0.257 e. The maximum Gasteiger partial charge on any atom is 0.257 e. The Balaban J connectivity index is 1.23. The lowest BCUT2D eigenvalue weighted by Crippen LogP contribution is -2.47. The quantitative estimate of drug-likeness (QED) is 0.486. The molecule has 0 radical (unpaired) electrons. The Morgan fingerprint density at radius 2 is 1.54 bits per heavy atom. The van der Waals surface area contributed by atoms with Crippen LogP contribution in [0.3, 0.4) is 0 Å². The van der Waals surface area contributed by atoms with Crippen LogP contribution in [-0.4, -0.2) is 55.3 Å². The van der Waals surface area contributed by atoms with Gasteiger partial charge < -0.3 is 24.6 Å². The van der Waals surface area contributed by atoms with Crippen molar-refractivity contribution in [2.75, 3.05) is 54.5 Å². The predicted octanol–water partition coefficient (Wildman–Crippen LogP) is 3.98. The molecule has 35 heavy (non-hydrogen) atoms. The molecule has 1 saturated heterocycles. The number of benzene rings is 2. The zero-order valence-corrected chi connectivity index (χ0v) is 19.2. The van der Waals surface area contributed by atoms with Gasteiger partial charge in [-0.2, -0.15) is 0 Å². The highest BCUT2D eigenvalue weighted by Gasteiger charge is 2.22. The lowest BCUT2D eigenvalue weighted by Gasteiger charge is -2.36. The number of carbonyl (C=O) groups is 1. The summed E-state index contributed by atoms with van der Waals surface area (Å²) in [5.74, 6) is 3.01. The van der Waals surface area contributed by atoms with E-state index in [4.69, 9.17) is 14.5 Å². The van der Waals surface area contributed by atoms with Gasteiger partial charge in [-0.05, 0) is 29.7 Å². The SMILES string of the molecule is O=C(Nc1ccc2c(c1)OCCO2)c1cnc(N2CCN(c3ccccn3)CC2)c2ccccc12. The average molecular weight is 468 g/mol. The van der Waals surface area contributed by atoms with Crippen molar-refractivity contribution in [2.45, 2.75) is 0 Å². The predicted molar refractivity (Wildman–Crippen MR) is 136 cm³/mol. The minimum Gasteiger partial charge on any atom is -0.486 e. The van der Waals surface area contributed by atoms with Crippen LogP contribution in [0.15, 0.2) is 73.1 Å². The van der Waals surface area contributed by atoms with Crippen LogP contribution >= 0.6 is 0 Å². The summed E-state index contributed by atoms with van der Waals surface area (Å²) in [6, 6.07) is 19.3. The molecule has 0 unspecified atom stereocenters. The largest absolute Gasteiger partial charge is 0.486 e. The highest BCUT2D eigenvalue weighted by molar-refractivity contribution is 6.14. The zero-order chi connectivity index (χ0) is 23.6. The molecule has 0 atom stereocenters. The number of ether oxygens (including phenoxy) is 2. The zero-order valence-electron chi connectivity index (χ0n) is 19.2. The highest BCUT2D eigenvalue weighted by Crippen LogP contribution is 2.33. The fourth-order valence-corrected chi connectivity index (χ4v) is 4.62. The second-order valence-corrected chi connectivity index (χ2v) is 8.52. The standard InChI is InChI=1S/C27H25N5O3/c33-27(30-19-8-9-23-24(17-19)35-16-15-34-23)22-18-29-26(21-6-2-1-5-20(21)22)32-13-11-31(12-14-32)25-7-3-4-10-28-25/h1-10,17-18H,11-16H2,(H,30,33). The van der Waals surface area contributed by atoms with Gasteiger partial charge in [0.1, 0.15) is 24.8 Å². The van der Waals surface area contributed by atoms with E-state index in [9.17, 15) is 4.79 Å². The summed E-state index contributed by atoms with van der Waals surface area (Å²) in [5, 5.41) is 4.82. The van der Waals surface area contributed by atoms with Gasteiger partial charge in [0.2, 0.25) is 0 Å². The second kappa shape index (κ2) is 9.13. The van der Waals surface area contributed by atoms with Crippen molar-refractivity contribution in [3.05, 3.63) is 78.6 Å². The number of pyridine rings is 2. The van der Waals surface area contributed by atoms with Gasteiger partial charge in [-0.1, -0.05) is 30.3 Å². The van der Waals surface area contributed by atoms with Crippen molar-refractivity contribution < 1.29 is 14.3 Å². The molecule has 4 heterocycles. The Labute approximate surface area is 203 Å². The number of hydrogen-bond donors (Lipinski definition) is 1. The summed E-state index contributed by atoms with van der Waals surface area (Å²) < 4.78 is 11.2. The molecule has 2 aliphatic heterocycles. The first kappa shape index (κ1) is 21.2. The number of piperazine rings is 1. The first-order valence-corrected chi connectivity index (χ1v) is 11.8. The van der Waals surface area contributed by atoms with Crippen molar-refractivity contribution in [1.29, 1.82) is 0 Å². The third-order valence-electron chi connectivity index (χ3n) is 6.37. The maximum absolute atomic E-state index is 13.2. The lowest BCUT2D eigenvalue weighted by atomic mass is 10.1. The van der Waals surface area contributed by atoms with Gasteiger partial charge >= 0.3 is 0 Å². The third-order valence-corrected chi connectivity index (χ3v) is 6.37. The van der Waals surface area contributed by atoms with Crippen molar-refractivity contribution >= 4 is 34.0 Å². The molecule has 6 rings (SSSR count). The minimum atomic E-state index is -0.211. The molecule has 1 fully saturated rings. The molecule has 0 bridgehead atoms. The molecule has 176 valence electrons. The van der Waals surface area contributed by atoms with Gasteiger partial charge in [-0.25, -0.2) is 9.97 Å². The monoisotopic (exact) mass is 467 g/mol. The maximum atomic E-state index is 13.2. The Bertz CT molecular complexity index is 1370. The Morgan fingerprint density at radius 3 is 2.34 bits per heavy atom. The van der Waals surface area contributed by atoms with E-state index in [0.29, 0.717) is 36.0 Å². The second-order valence-electron chi connectivity index (χ2n) is 8.52. The van der Waals surface area contributed by atoms with E-state index in [-0.39, 0.29) is 5.91 Å². The molecular weight excluding hydrogens is 442 g/mol. The van der Waals surface area contributed by atoms with Gasteiger partial charge in [0.25, 0.3) is 5.91 Å². The summed E-state index contributed by atoms with van der Waals surface area (Å²) in [5.41, 5.74) is 1.18. The molecular formula is C27H25N5O3. The molecule has 2 aliphatic rings. The van der Waals surface area contributed by atoms with Crippen LogP contribution in [0.5, 0.6) is 11.5 Å². The molecule has 1 N–H and O–H groups in total.